The van der Waals surface area contributed by atoms with Crippen LogP contribution >= 0.6 is 15.9 Å². The molecule has 1 saturated carbocycles. The van der Waals surface area contributed by atoms with Crippen molar-refractivity contribution in [3.63, 3.8) is 0 Å². The highest BCUT2D eigenvalue weighted by Crippen LogP contribution is 2.37. The van der Waals surface area contributed by atoms with Gasteiger partial charge in [-0.15, -0.1) is 0 Å². The smallest absolute Gasteiger partial charge is 0.326 e. The predicted molar refractivity (Wildman–Crippen MR) is 78.7 cm³/mol. The van der Waals surface area contributed by atoms with Crippen molar-refractivity contribution < 1.29 is 14.7 Å². The molecule has 0 aromatic carbocycles. The summed E-state index contributed by atoms with van der Waals surface area (Å²) in [4.78, 5) is 23.7. The summed E-state index contributed by atoms with van der Waals surface area (Å²) in [6.07, 6.45) is 3.99. The number of aliphatic carboxylic acids is 1. The van der Waals surface area contributed by atoms with Gasteiger partial charge in [0.25, 0.3) is 5.91 Å². The van der Waals surface area contributed by atoms with Gasteiger partial charge in [0, 0.05) is 16.7 Å². The number of amides is 1. The van der Waals surface area contributed by atoms with E-state index < -0.39 is 17.4 Å². The summed E-state index contributed by atoms with van der Waals surface area (Å²) in [5.41, 5.74) is -0.0368. The zero-order chi connectivity index (χ0) is 15.1. The highest BCUT2D eigenvalue weighted by Gasteiger charge is 2.34. The number of carboxylic acids is 1. The van der Waals surface area contributed by atoms with Gasteiger partial charge < -0.3 is 15.0 Å². The van der Waals surface area contributed by atoms with Crippen molar-refractivity contribution >= 4 is 27.8 Å². The summed E-state index contributed by atoms with van der Waals surface area (Å²) in [5.74, 6) is -1.36. The summed E-state index contributed by atoms with van der Waals surface area (Å²) >= 11 is 3.36. The van der Waals surface area contributed by atoms with E-state index in [1.165, 1.54) is 0 Å². The van der Waals surface area contributed by atoms with Crippen LogP contribution in [-0.4, -0.2) is 27.6 Å². The number of nitrogens with one attached hydrogen (secondary N) is 1. The Labute approximate surface area is 126 Å². The predicted octanol–water partition coefficient (Wildman–Crippen LogP) is 2.81. The topological polar surface area (TPSA) is 71.3 Å². The van der Waals surface area contributed by atoms with E-state index in [-0.39, 0.29) is 5.91 Å². The van der Waals surface area contributed by atoms with Gasteiger partial charge in [0.1, 0.15) is 11.7 Å². The summed E-state index contributed by atoms with van der Waals surface area (Å²) < 4.78 is 2.75. The first-order valence-electron chi connectivity index (χ1n) is 6.61. The average Bonchev–Trinajstić information content (AvgIpc) is 3.07. The molecule has 6 heteroatoms. The summed E-state index contributed by atoms with van der Waals surface area (Å²) in [5, 5.41) is 11.9. The molecule has 0 radical (unpaired) electrons. The number of halogens is 1. The number of hydrogen-bond acceptors (Lipinski definition) is 2. The van der Waals surface area contributed by atoms with E-state index in [0.717, 1.165) is 17.3 Å². The average molecular weight is 343 g/mol. The lowest BCUT2D eigenvalue weighted by Gasteiger charge is -2.27. The third-order valence-corrected chi connectivity index (χ3v) is 3.81. The molecule has 1 aromatic heterocycles. The van der Waals surface area contributed by atoms with Gasteiger partial charge >= 0.3 is 5.97 Å². The molecule has 1 aromatic rings. The molecule has 5 nitrogen and oxygen atoms in total. The number of carboxylic acid groups (broad SMARTS) is 1. The van der Waals surface area contributed by atoms with Crippen LogP contribution in [0.4, 0.5) is 0 Å². The molecule has 1 heterocycles. The SMILES string of the molecule is CC(C)(C)[C@@H](NC(=O)c1cc(Br)cn1C1CC1)C(=O)O. The molecular formula is C14H19BrN2O3. The molecule has 0 aliphatic heterocycles. The second kappa shape index (κ2) is 5.24. The van der Waals surface area contributed by atoms with E-state index in [1.54, 1.807) is 26.8 Å². The van der Waals surface area contributed by atoms with Crippen LogP contribution in [-0.2, 0) is 4.79 Å². The molecule has 1 aliphatic rings. The van der Waals surface area contributed by atoms with Gasteiger partial charge in [0.05, 0.1) is 0 Å². The van der Waals surface area contributed by atoms with Crippen LogP contribution in [0.2, 0.25) is 0 Å². The monoisotopic (exact) mass is 342 g/mol. The molecule has 1 fully saturated rings. The van der Waals surface area contributed by atoms with Gasteiger partial charge in [0.2, 0.25) is 0 Å². The Morgan fingerprint density at radius 2 is 2.05 bits per heavy atom. The molecule has 0 unspecified atom stereocenters. The van der Waals surface area contributed by atoms with Gasteiger partial charge in [-0.05, 0) is 40.3 Å². The van der Waals surface area contributed by atoms with Crippen LogP contribution in [0.15, 0.2) is 16.7 Å². The Morgan fingerprint density at radius 1 is 1.45 bits per heavy atom. The number of nitrogens with zero attached hydrogens (tertiary/aromatic N) is 1. The molecule has 2 N–H and O–H groups in total. The second-order valence-electron chi connectivity index (χ2n) is 6.29. The van der Waals surface area contributed by atoms with Crippen molar-refractivity contribution in [2.45, 2.75) is 45.7 Å². The van der Waals surface area contributed by atoms with E-state index in [9.17, 15) is 14.7 Å². The molecule has 0 bridgehead atoms. The van der Waals surface area contributed by atoms with Gasteiger partial charge in [-0.2, -0.15) is 0 Å². The first kappa shape index (κ1) is 15.1. The standard InChI is InChI=1S/C14H19BrN2O3/c1-14(2,3)11(13(19)20)16-12(18)10-6-8(15)7-17(10)9-4-5-9/h6-7,9,11H,4-5H2,1-3H3,(H,16,18)(H,19,20)/t11-/m0/s1. The fraction of sp³-hybridized carbons (Fsp3) is 0.571. The number of rotatable bonds is 4. The molecule has 0 spiro atoms. The third-order valence-electron chi connectivity index (χ3n) is 3.38. The quantitative estimate of drug-likeness (QED) is 0.883. The Balaban J connectivity index is 2.21. The summed E-state index contributed by atoms with van der Waals surface area (Å²) in [6, 6.07) is 1.17. The fourth-order valence-electron chi connectivity index (χ4n) is 2.14. The largest absolute Gasteiger partial charge is 0.480 e. The minimum Gasteiger partial charge on any atom is -0.480 e. The van der Waals surface area contributed by atoms with Crippen LogP contribution in [0.3, 0.4) is 0 Å². The molecule has 1 atom stereocenters. The van der Waals surface area contributed by atoms with Crippen molar-refractivity contribution in [2.75, 3.05) is 0 Å². The van der Waals surface area contributed by atoms with Crippen LogP contribution in [0.5, 0.6) is 0 Å². The fourth-order valence-corrected chi connectivity index (χ4v) is 2.57. The third kappa shape index (κ3) is 3.23. The van der Waals surface area contributed by atoms with Crippen LogP contribution in [0, 0.1) is 5.41 Å². The van der Waals surface area contributed by atoms with E-state index in [0.29, 0.717) is 11.7 Å². The molecular weight excluding hydrogens is 324 g/mol. The maximum atomic E-state index is 12.4. The Bertz CT molecular complexity index is 541. The number of carbonyl (C=O) groups excluding carboxylic acids is 1. The number of carbonyl (C=O) groups is 2. The lowest BCUT2D eigenvalue weighted by Crippen LogP contribution is -2.49. The molecule has 2 rings (SSSR count). The lowest BCUT2D eigenvalue weighted by atomic mass is 9.86. The molecule has 110 valence electrons. The van der Waals surface area contributed by atoms with E-state index in [1.807, 2.05) is 10.8 Å². The Hall–Kier alpha value is -1.30. The van der Waals surface area contributed by atoms with Crippen LogP contribution in [0.1, 0.15) is 50.1 Å². The molecule has 1 amide bonds. The van der Waals surface area contributed by atoms with E-state index in [4.69, 9.17) is 0 Å². The maximum absolute atomic E-state index is 12.4. The Morgan fingerprint density at radius 3 is 2.50 bits per heavy atom. The van der Waals surface area contributed by atoms with E-state index >= 15 is 0 Å². The second-order valence-corrected chi connectivity index (χ2v) is 7.21. The normalized spacial score (nSPS) is 16.8. The van der Waals surface area contributed by atoms with E-state index in [2.05, 4.69) is 21.2 Å². The minimum absolute atomic E-state index is 0.343. The van der Waals surface area contributed by atoms with Gasteiger partial charge in [-0.25, -0.2) is 4.79 Å². The van der Waals surface area contributed by atoms with Crippen molar-refractivity contribution in [1.82, 2.24) is 9.88 Å². The van der Waals surface area contributed by atoms with Gasteiger partial charge in [-0.3, -0.25) is 4.79 Å². The highest BCUT2D eigenvalue weighted by atomic mass is 79.9. The zero-order valence-electron chi connectivity index (χ0n) is 11.8. The minimum atomic E-state index is -1.02. The first-order chi connectivity index (χ1) is 9.20. The maximum Gasteiger partial charge on any atom is 0.326 e. The molecule has 20 heavy (non-hydrogen) atoms. The number of hydrogen-bond donors (Lipinski definition) is 2. The van der Waals surface area contributed by atoms with Crippen molar-refractivity contribution in [1.29, 1.82) is 0 Å². The van der Waals surface area contributed by atoms with Gasteiger partial charge in [0.15, 0.2) is 0 Å². The van der Waals surface area contributed by atoms with Gasteiger partial charge in [-0.1, -0.05) is 20.8 Å². The van der Waals surface area contributed by atoms with Crippen molar-refractivity contribution in [2.24, 2.45) is 5.41 Å². The van der Waals surface area contributed by atoms with Crippen LogP contribution < -0.4 is 5.32 Å². The Kier molecular flexibility index (Phi) is 3.95. The number of aromatic nitrogens is 1. The summed E-state index contributed by atoms with van der Waals surface area (Å²) in [7, 11) is 0. The van der Waals surface area contributed by atoms with Crippen molar-refractivity contribution in [3.05, 3.63) is 22.4 Å². The first-order valence-corrected chi connectivity index (χ1v) is 7.40. The van der Waals surface area contributed by atoms with Crippen LogP contribution in [0.25, 0.3) is 0 Å². The zero-order valence-corrected chi connectivity index (χ0v) is 13.4. The molecule has 1 aliphatic carbocycles. The lowest BCUT2D eigenvalue weighted by molar-refractivity contribution is -0.142. The molecule has 0 saturated heterocycles. The highest BCUT2D eigenvalue weighted by molar-refractivity contribution is 9.10. The van der Waals surface area contributed by atoms with Crippen molar-refractivity contribution in [3.8, 4) is 0 Å². The summed E-state index contributed by atoms with van der Waals surface area (Å²) in [6.45, 7) is 5.38.